The van der Waals surface area contributed by atoms with Crippen LogP contribution in [0.1, 0.15) is 37.6 Å². The van der Waals surface area contributed by atoms with E-state index >= 15 is 0 Å². The van der Waals surface area contributed by atoms with Crippen molar-refractivity contribution in [3.8, 4) is 0 Å². The van der Waals surface area contributed by atoms with Crippen LogP contribution in [0.25, 0.3) is 11.0 Å². The van der Waals surface area contributed by atoms with Crippen LogP contribution >= 0.6 is 0 Å². The molecule has 29 heavy (non-hydrogen) atoms. The normalized spacial score (nSPS) is 12.7. The van der Waals surface area contributed by atoms with Crippen LogP contribution in [0.15, 0.2) is 84.9 Å². The van der Waals surface area contributed by atoms with E-state index in [9.17, 15) is 0 Å². The van der Waals surface area contributed by atoms with E-state index in [0.29, 0.717) is 5.92 Å². The molecule has 1 unspecified atom stereocenters. The van der Waals surface area contributed by atoms with Crippen molar-refractivity contribution in [1.29, 1.82) is 0 Å². The van der Waals surface area contributed by atoms with E-state index in [1.165, 1.54) is 11.1 Å². The number of benzene rings is 3. The lowest BCUT2D eigenvalue weighted by atomic mass is 10.1. The molecule has 0 radical (unpaired) electrons. The molecule has 0 saturated heterocycles. The molecular formula is C25H28N4. The van der Waals surface area contributed by atoms with E-state index in [4.69, 9.17) is 0 Å². The molecule has 0 spiro atoms. The molecule has 0 aliphatic rings. The molecule has 148 valence electrons. The number of hydrogen-bond acceptors (Lipinski definition) is 3. The van der Waals surface area contributed by atoms with Gasteiger partial charge in [-0.05, 0) is 35.6 Å². The predicted molar refractivity (Wildman–Crippen MR) is 118 cm³/mol. The number of para-hydroxylation sites is 1. The SMILES string of the molecule is CC(C)CC(N(Cc1ccccc1)Cc1ccccc1)n1nnc2ccccc21. The maximum Gasteiger partial charge on any atom is 0.113 e. The van der Waals surface area contributed by atoms with Crippen molar-refractivity contribution in [2.75, 3.05) is 0 Å². The smallest absolute Gasteiger partial charge is 0.113 e. The zero-order valence-electron chi connectivity index (χ0n) is 17.1. The highest BCUT2D eigenvalue weighted by molar-refractivity contribution is 5.73. The molecule has 1 aromatic heterocycles. The largest absolute Gasteiger partial charge is 0.273 e. The molecule has 0 aliphatic heterocycles. The van der Waals surface area contributed by atoms with Gasteiger partial charge in [0.2, 0.25) is 0 Å². The second kappa shape index (κ2) is 9.01. The molecule has 4 heteroatoms. The van der Waals surface area contributed by atoms with E-state index in [1.54, 1.807) is 0 Å². The van der Waals surface area contributed by atoms with Crippen LogP contribution in [0, 0.1) is 5.92 Å². The molecular weight excluding hydrogens is 356 g/mol. The third-order valence-corrected chi connectivity index (χ3v) is 5.22. The standard InChI is InChI=1S/C25H28N4/c1-20(2)17-25(29-24-16-10-9-15-23(24)26-27-29)28(18-21-11-5-3-6-12-21)19-22-13-7-4-8-14-22/h3-16,20,25H,17-19H2,1-2H3. The van der Waals surface area contributed by atoms with Crippen LogP contribution in [0.2, 0.25) is 0 Å². The van der Waals surface area contributed by atoms with Gasteiger partial charge in [-0.15, -0.1) is 5.10 Å². The molecule has 4 nitrogen and oxygen atoms in total. The Bertz CT molecular complexity index is 983. The van der Waals surface area contributed by atoms with E-state index in [1.807, 2.05) is 12.1 Å². The van der Waals surface area contributed by atoms with Crippen molar-refractivity contribution in [3.63, 3.8) is 0 Å². The van der Waals surface area contributed by atoms with Gasteiger partial charge in [-0.25, -0.2) is 4.68 Å². The van der Waals surface area contributed by atoms with Crippen molar-refractivity contribution < 1.29 is 0 Å². The van der Waals surface area contributed by atoms with Gasteiger partial charge in [0.15, 0.2) is 0 Å². The lowest BCUT2D eigenvalue weighted by Gasteiger charge is -2.33. The molecule has 0 saturated carbocycles. The summed E-state index contributed by atoms with van der Waals surface area (Å²) < 4.78 is 2.11. The van der Waals surface area contributed by atoms with Crippen LogP contribution in [-0.2, 0) is 13.1 Å². The molecule has 0 N–H and O–H groups in total. The summed E-state index contributed by atoms with van der Waals surface area (Å²) in [6, 6.07) is 29.6. The first-order chi connectivity index (χ1) is 14.2. The quantitative estimate of drug-likeness (QED) is 0.392. The van der Waals surface area contributed by atoms with Gasteiger partial charge >= 0.3 is 0 Å². The molecule has 1 atom stereocenters. The summed E-state index contributed by atoms with van der Waals surface area (Å²) in [7, 11) is 0. The highest BCUT2D eigenvalue weighted by Crippen LogP contribution is 2.28. The average molecular weight is 385 g/mol. The Kier molecular flexibility index (Phi) is 6.01. The number of nitrogens with zero attached hydrogens (tertiary/aromatic N) is 4. The molecule has 4 rings (SSSR count). The molecule has 4 aromatic rings. The fraction of sp³-hybridized carbons (Fsp3) is 0.280. The third kappa shape index (κ3) is 4.72. The first-order valence-corrected chi connectivity index (χ1v) is 10.3. The van der Waals surface area contributed by atoms with Gasteiger partial charge in [-0.3, -0.25) is 4.90 Å². The topological polar surface area (TPSA) is 34.0 Å². The number of rotatable bonds is 8. The molecule has 0 amide bonds. The van der Waals surface area contributed by atoms with Crippen LogP contribution in [0.5, 0.6) is 0 Å². The average Bonchev–Trinajstić information content (AvgIpc) is 3.17. The number of fused-ring (bicyclic) bond motifs is 1. The molecule has 0 bridgehead atoms. The van der Waals surface area contributed by atoms with E-state index in [0.717, 1.165) is 30.5 Å². The maximum atomic E-state index is 4.58. The Morgan fingerprint density at radius 1 is 0.759 bits per heavy atom. The van der Waals surface area contributed by atoms with Crippen LogP contribution in [0.4, 0.5) is 0 Å². The minimum atomic E-state index is 0.128. The Morgan fingerprint density at radius 3 is 1.90 bits per heavy atom. The number of hydrogen-bond donors (Lipinski definition) is 0. The van der Waals surface area contributed by atoms with Crippen molar-refractivity contribution in [3.05, 3.63) is 96.1 Å². The van der Waals surface area contributed by atoms with Gasteiger partial charge in [0.25, 0.3) is 0 Å². The monoisotopic (exact) mass is 384 g/mol. The first-order valence-electron chi connectivity index (χ1n) is 10.3. The van der Waals surface area contributed by atoms with E-state index in [2.05, 4.69) is 107 Å². The Morgan fingerprint density at radius 2 is 1.31 bits per heavy atom. The zero-order valence-corrected chi connectivity index (χ0v) is 17.1. The summed E-state index contributed by atoms with van der Waals surface area (Å²) in [4.78, 5) is 2.52. The lowest BCUT2D eigenvalue weighted by Crippen LogP contribution is -2.33. The second-order valence-corrected chi connectivity index (χ2v) is 8.01. The third-order valence-electron chi connectivity index (χ3n) is 5.22. The van der Waals surface area contributed by atoms with E-state index in [-0.39, 0.29) is 6.17 Å². The lowest BCUT2D eigenvalue weighted by molar-refractivity contribution is 0.0919. The summed E-state index contributed by atoms with van der Waals surface area (Å²) >= 11 is 0. The molecule has 0 aliphatic carbocycles. The van der Waals surface area contributed by atoms with Crippen molar-refractivity contribution in [2.24, 2.45) is 5.92 Å². The second-order valence-electron chi connectivity index (χ2n) is 8.01. The van der Waals surface area contributed by atoms with Crippen molar-refractivity contribution in [1.82, 2.24) is 19.9 Å². The predicted octanol–water partition coefficient (Wildman–Crippen LogP) is 5.68. The Balaban J connectivity index is 1.74. The molecule has 3 aromatic carbocycles. The van der Waals surface area contributed by atoms with Gasteiger partial charge in [0, 0.05) is 13.1 Å². The zero-order chi connectivity index (χ0) is 20.1. The van der Waals surface area contributed by atoms with Gasteiger partial charge < -0.3 is 0 Å². The van der Waals surface area contributed by atoms with E-state index < -0.39 is 0 Å². The first kappa shape index (κ1) is 19.3. The molecule has 0 fully saturated rings. The van der Waals surface area contributed by atoms with Crippen LogP contribution in [-0.4, -0.2) is 19.9 Å². The van der Waals surface area contributed by atoms with Gasteiger partial charge in [-0.2, -0.15) is 0 Å². The van der Waals surface area contributed by atoms with Crippen molar-refractivity contribution in [2.45, 2.75) is 39.5 Å². The summed E-state index contributed by atoms with van der Waals surface area (Å²) in [5.74, 6) is 0.539. The number of aromatic nitrogens is 3. The summed E-state index contributed by atoms with van der Waals surface area (Å²) in [5, 5.41) is 9.01. The summed E-state index contributed by atoms with van der Waals surface area (Å²) in [6.45, 7) is 6.27. The van der Waals surface area contributed by atoms with Gasteiger partial charge in [0.05, 0.1) is 5.52 Å². The fourth-order valence-corrected chi connectivity index (χ4v) is 3.83. The minimum absolute atomic E-state index is 0.128. The Labute approximate surface area is 172 Å². The fourth-order valence-electron chi connectivity index (χ4n) is 3.83. The summed E-state index contributed by atoms with van der Waals surface area (Å²) in [5.41, 5.74) is 4.65. The minimum Gasteiger partial charge on any atom is -0.273 e. The van der Waals surface area contributed by atoms with Crippen molar-refractivity contribution >= 4 is 11.0 Å². The van der Waals surface area contributed by atoms with Gasteiger partial charge in [-0.1, -0.05) is 91.9 Å². The Hall–Kier alpha value is -2.98. The van der Waals surface area contributed by atoms with Gasteiger partial charge in [0.1, 0.15) is 11.7 Å². The summed E-state index contributed by atoms with van der Waals surface area (Å²) in [6.07, 6.45) is 1.13. The maximum absolute atomic E-state index is 4.58. The van der Waals surface area contributed by atoms with Crippen LogP contribution < -0.4 is 0 Å². The highest BCUT2D eigenvalue weighted by Gasteiger charge is 2.24. The highest BCUT2D eigenvalue weighted by atomic mass is 15.5. The van der Waals surface area contributed by atoms with Crippen LogP contribution in [0.3, 0.4) is 0 Å². The molecule has 1 heterocycles.